The Bertz CT molecular complexity index is 1100. The maximum atomic E-state index is 2.52. The molecule has 3 aromatic carbocycles. The molecule has 1 nitrogen and oxygen atoms in total. The molecular formula is C23H21N. The maximum absolute atomic E-state index is 2.52. The fourth-order valence-electron chi connectivity index (χ4n) is 4.45. The van der Waals surface area contributed by atoms with E-state index in [9.17, 15) is 0 Å². The lowest BCUT2D eigenvalue weighted by Gasteiger charge is -2.29. The van der Waals surface area contributed by atoms with Crippen molar-refractivity contribution in [3.05, 3.63) is 77.4 Å². The van der Waals surface area contributed by atoms with Crippen molar-refractivity contribution in [2.45, 2.75) is 32.6 Å². The van der Waals surface area contributed by atoms with Crippen LogP contribution in [-0.4, -0.2) is 4.57 Å². The lowest BCUT2D eigenvalue weighted by atomic mass is 9.84. The van der Waals surface area contributed by atoms with Crippen molar-refractivity contribution in [2.24, 2.45) is 0 Å². The van der Waals surface area contributed by atoms with Crippen LogP contribution < -0.4 is 0 Å². The molecule has 118 valence electrons. The molecule has 0 amide bonds. The van der Waals surface area contributed by atoms with Gasteiger partial charge in [-0.2, -0.15) is 0 Å². The minimum Gasteiger partial charge on any atom is -0.308 e. The lowest BCUT2D eigenvalue weighted by molar-refractivity contribution is 0.819. The Balaban J connectivity index is 2.08. The monoisotopic (exact) mass is 311 g/mol. The predicted molar refractivity (Wildman–Crippen MR) is 102 cm³/mol. The van der Waals surface area contributed by atoms with Gasteiger partial charge in [0.05, 0.1) is 16.7 Å². The summed E-state index contributed by atoms with van der Waals surface area (Å²) in [5.41, 5.74) is 8.45. The second-order valence-electron chi connectivity index (χ2n) is 7.26. The van der Waals surface area contributed by atoms with E-state index < -0.39 is 0 Å². The quantitative estimate of drug-likeness (QED) is 0.385. The number of fused-ring (bicyclic) bond motifs is 5. The van der Waals surface area contributed by atoms with Crippen LogP contribution in [0.3, 0.4) is 0 Å². The number of benzene rings is 3. The van der Waals surface area contributed by atoms with Gasteiger partial charge in [-0.05, 0) is 28.7 Å². The molecule has 1 aromatic heterocycles. The summed E-state index contributed by atoms with van der Waals surface area (Å²) in [7, 11) is 0. The number of rotatable bonds is 1. The summed E-state index contributed by atoms with van der Waals surface area (Å²) in [4.78, 5) is 0. The van der Waals surface area contributed by atoms with E-state index in [1.807, 2.05) is 0 Å². The van der Waals surface area contributed by atoms with E-state index >= 15 is 0 Å². The van der Waals surface area contributed by atoms with Gasteiger partial charge in [-0.25, -0.2) is 0 Å². The fourth-order valence-corrected chi connectivity index (χ4v) is 4.45. The molecule has 0 N–H and O–H groups in total. The number of hydrogen-bond donors (Lipinski definition) is 0. The standard InChI is InChI=1S/C23H21N/c1-14(2)16-9-6-10-17-15(3)18-11-7-12-20-19-8-4-5-13-21(19)24(22(16)17)23(18)20/h4-15H,1-3H3. The van der Waals surface area contributed by atoms with Crippen molar-refractivity contribution in [1.82, 2.24) is 4.57 Å². The summed E-state index contributed by atoms with van der Waals surface area (Å²) in [5.74, 6) is 0.938. The maximum Gasteiger partial charge on any atom is 0.0579 e. The molecule has 1 aliphatic heterocycles. The van der Waals surface area contributed by atoms with Crippen LogP contribution in [0.15, 0.2) is 60.7 Å². The van der Waals surface area contributed by atoms with Crippen LogP contribution in [0.2, 0.25) is 0 Å². The highest BCUT2D eigenvalue weighted by Gasteiger charge is 2.28. The van der Waals surface area contributed by atoms with Gasteiger partial charge in [-0.3, -0.25) is 0 Å². The first-order valence-corrected chi connectivity index (χ1v) is 8.83. The first kappa shape index (κ1) is 13.9. The average molecular weight is 311 g/mol. The van der Waals surface area contributed by atoms with Crippen LogP contribution in [0.4, 0.5) is 0 Å². The summed E-state index contributed by atoms with van der Waals surface area (Å²) < 4.78 is 2.52. The predicted octanol–water partition coefficient (Wildman–Crippen LogP) is 6.37. The third-order valence-corrected chi connectivity index (χ3v) is 5.60. The van der Waals surface area contributed by atoms with Crippen LogP contribution in [0.1, 0.15) is 49.3 Å². The molecule has 0 saturated carbocycles. The highest BCUT2D eigenvalue weighted by molar-refractivity contribution is 6.11. The molecule has 1 atom stereocenters. The molecule has 0 bridgehead atoms. The van der Waals surface area contributed by atoms with Crippen LogP contribution in [-0.2, 0) is 0 Å². The van der Waals surface area contributed by atoms with Gasteiger partial charge in [0.1, 0.15) is 0 Å². The Morgan fingerprint density at radius 3 is 2.33 bits per heavy atom. The van der Waals surface area contributed by atoms with Crippen molar-refractivity contribution in [2.75, 3.05) is 0 Å². The minimum absolute atomic E-state index is 0.430. The van der Waals surface area contributed by atoms with E-state index in [1.165, 1.54) is 44.2 Å². The Morgan fingerprint density at radius 2 is 1.50 bits per heavy atom. The molecule has 0 aliphatic carbocycles. The molecule has 0 radical (unpaired) electrons. The van der Waals surface area contributed by atoms with Gasteiger partial charge in [0.25, 0.3) is 0 Å². The SMILES string of the molecule is CC(C)c1cccc2c1-n1c3ccccc3c3cccc(c31)C2C. The molecule has 2 heterocycles. The highest BCUT2D eigenvalue weighted by atomic mass is 15.0. The second kappa shape index (κ2) is 4.73. The lowest BCUT2D eigenvalue weighted by Crippen LogP contribution is -2.14. The third kappa shape index (κ3) is 1.60. The molecule has 1 aliphatic rings. The Kier molecular flexibility index (Phi) is 2.73. The molecule has 1 heteroatoms. The zero-order chi connectivity index (χ0) is 16.4. The van der Waals surface area contributed by atoms with Crippen molar-refractivity contribution in [3.8, 4) is 5.69 Å². The van der Waals surface area contributed by atoms with Crippen LogP contribution >= 0.6 is 0 Å². The van der Waals surface area contributed by atoms with Gasteiger partial charge >= 0.3 is 0 Å². The Morgan fingerprint density at radius 1 is 0.792 bits per heavy atom. The average Bonchev–Trinajstić information content (AvgIpc) is 2.94. The number of hydrogen-bond acceptors (Lipinski definition) is 0. The van der Waals surface area contributed by atoms with Crippen molar-refractivity contribution < 1.29 is 0 Å². The largest absolute Gasteiger partial charge is 0.308 e. The topological polar surface area (TPSA) is 4.93 Å². The first-order chi connectivity index (χ1) is 11.7. The molecule has 4 aromatic rings. The molecule has 5 rings (SSSR count). The van der Waals surface area contributed by atoms with Crippen molar-refractivity contribution in [3.63, 3.8) is 0 Å². The first-order valence-electron chi connectivity index (χ1n) is 8.83. The van der Waals surface area contributed by atoms with Crippen molar-refractivity contribution >= 4 is 21.8 Å². The van der Waals surface area contributed by atoms with Gasteiger partial charge < -0.3 is 4.57 Å². The van der Waals surface area contributed by atoms with Crippen LogP contribution in [0.25, 0.3) is 27.5 Å². The molecule has 0 fully saturated rings. The zero-order valence-electron chi connectivity index (χ0n) is 14.4. The molecule has 1 unspecified atom stereocenters. The second-order valence-corrected chi connectivity index (χ2v) is 7.26. The Hall–Kier alpha value is -2.54. The Labute approximate surface area is 142 Å². The van der Waals surface area contributed by atoms with E-state index in [0.717, 1.165) is 0 Å². The number of nitrogens with zero attached hydrogens (tertiary/aromatic N) is 1. The van der Waals surface area contributed by atoms with E-state index in [4.69, 9.17) is 0 Å². The van der Waals surface area contributed by atoms with Gasteiger partial charge in [0, 0.05) is 16.7 Å². The summed E-state index contributed by atoms with van der Waals surface area (Å²) in [6.45, 7) is 6.94. The van der Waals surface area contributed by atoms with Crippen LogP contribution in [0, 0.1) is 0 Å². The molecule has 0 saturated heterocycles. The summed E-state index contributed by atoms with van der Waals surface area (Å²) in [5, 5.41) is 2.73. The molecular weight excluding hydrogens is 290 g/mol. The summed E-state index contributed by atoms with van der Waals surface area (Å²) >= 11 is 0. The third-order valence-electron chi connectivity index (χ3n) is 5.60. The normalized spacial score (nSPS) is 16.1. The van der Waals surface area contributed by atoms with E-state index in [-0.39, 0.29) is 0 Å². The minimum atomic E-state index is 0.430. The smallest absolute Gasteiger partial charge is 0.0579 e. The zero-order valence-corrected chi connectivity index (χ0v) is 14.4. The number of para-hydroxylation sites is 3. The van der Waals surface area contributed by atoms with Gasteiger partial charge in [-0.1, -0.05) is 75.4 Å². The van der Waals surface area contributed by atoms with E-state index in [0.29, 0.717) is 11.8 Å². The highest BCUT2D eigenvalue weighted by Crippen LogP contribution is 2.46. The number of aromatic nitrogens is 1. The van der Waals surface area contributed by atoms with Gasteiger partial charge in [-0.15, -0.1) is 0 Å². The molecule has 24 heavy (non-hydrogen) atoms. The fraction of sp³-hybridized carbons (Fsp3) is 0.217. The summed E-state index contributed by atoms with van der Waals surface area (Å²) in [6.07, 6.45) is 0. The summed E-state index contributed by atoms with van der Waals surface area (Å²) in [6, 6.07) is 22.4. The van der Waals surface area contributed by atoms with E-state index in [2.05, 4.69) is 86.0 Å². The van der Waals surface area contributed by atoms with Crippen molar-refractivity contribution in [1.29, 1.82) is 0 Å². The molecule has 0 spiro atoms. The van der Waals surface area contributed by atoms with Gasteiger partial charge in [0.15, 0.2) is 0 Å². The van der Waals surface area contributed by atoms with Crippen LogP contribution in [0.5, 0.6) is 0 Å². The van der Waals surface area contributed by atoms with E-state index in [1.54, 1.807) is 0 Å². The van der Waals surface area contributed by atoms with Gasteiger partial charge in [0.2, 0.25) is 0 Å².